The van der Waals surface area contributed by atoms with E-state index in [0.717, 1.165) is 19.5 Å². The molecule has 2 aliphatic rings. The van der Waals surface area contributed by atoms with Crippen molar-refractivity contribution in [3.63, 3.8) is 0 Å². The molecule has 3 rings (SSSR count). The van der Waals surface area contributed by atoms with Crippen LogP contribution in [0.5, 0.6) is 0 Å². The van der Waals surface area contributed by atoms with Gasteiger partial charge in [0.2, 0.25) is 10.0 Å². The number of sulfonamides is 1. The minimum atomic E-state index is -3.63. The van der Waals surface area contributed by atoms with Crippen molar-refractivity contribution in [2.75, 3.05) is 45.9 Å². The van der Waals surface area contributed by atoms with Crippen LogP contribution in [0.15, 0.2) is 23.1 Å². The van der Waals surface area contributed by atoms with Crippen molar-refractivity contribution in [3.8, 4) is 0 Å². The molecule has 2 aliphatic heterocycles. The topological polar surface area (TPSA) is 79.0 Å². The van der Waals surface area contributed by atoms with Crippen molar-refractivity contribution < 1.29 is 17.9 Å². The number of carbonyl (C=O) groups is 1. The summed E-state index contributed by atoms with van der Waals surface area (Å²) in [5.74, 6) is -0.227. The third-order valence-electron chi connectivity index (χ3n) is 5.89. The molecule has 29 heavy (non-hydrogen) atoms. The van der Waals surface area contributed by atoms with Gasteiger partial charge in [0.15, 0.2) is 0 Å². The molecule has 0 aromatic heterocycles. The van der Waals surface area contributed by atoms with E-state index in [1.54, 1.807) is 19.1 Å². The molecule has 2 heterocycles. The molecule has 1 atom stereocenters. The van der Waals surface area contributed by atoms with Crippen molar-refractivity contribution in [2.45, 2.75) is 50.5 Å². The largest absolute Gasteiger partial charge is 0.379 e. The van der Waals surface area contributed by atoms with Crippen LogP contribution in [0.25, 0.3) is 0 Å². The van der Waals surface area contributed by atoms with E-state index < -0.39 is 10.0 Å². The fourth-order valence-electron chi connectivity index (χ4n) is 4.02. The number of carbonyl (C=O) groups excluding carboxylic acids is 1. The summed E-state index contributed by atoms with van der Waals surface area (Å²) < 4.78 is 32.6. The molecule has 0 unspecified atom stereocenters. The molecule has 1 aromatic carbocycles. The molecular formula is C21H33N3O4S. The number of likely N-dealkylation sites (tertiary alicyclic amines) is 1. The van der Waals surface area contributed by atoms with E-state index in [1.807, 2.05) is 0 Å². The average Bonchev–Trinajstić information content (AvgIpc) is 2.73. The van der Waals surface area contributed by atoms with E-state index in [0.29, 0.717) is 50.0 Å². The molecule has 0 aliphatic carbocycles. The first-order valence-corrected chi connectivity index (χ1v) is 12.0. The lowest BCUT2D eigenvalue weighted by atomic mass is 10.0. The molecule has 0 radical (unpaired) electrons. The minimum Gasteiger partial charge on any atom is -0.379 e. The van der Waals surface area contributed by atoms with Gasteiger partial charge in [-0.15, -0.1) is 0 Å². The van der Waals surface area contributed by atoms with Crippen LogP contribution in [0.2, 0.25) is 0 Å². The van der Waals surface area contributed by atoms with Crippen molar-refractivity contribution in [3.05, 3.63) is 29.3 Å². The molecule has 162 valence electrons. The lowest BCUT2D eigenvalue weighted by Gasteiger charge is -2.33. The van der Waals surface area contributed by atoms with Gasteiger partial charge in [0, 0.05) is 37.8 Å². The number of ether oxygens (including phenoxy) is 1. The molecule has 1 aromatic rings. The highest BCUT2D eigenvalue weighted by atomic mass is 32.2. The van der Waals surface area contributed by atoms with E-state index in [1.165, 1.54) is 29.6 Å². The Morgan fingerprint density at radius 3 is 2.69 bits per heavy atom. The third kappa shape index (κ3) is 5.57. The van der Waals surface area contributed by atoms with Crippen LogP contribution >= 0.6 is 0 Å². The van der Waals surface area contributed by atoms with E-state index in [-0.39, 0.29) is 10.8 Å². The Hall–Kier alpha value is -1.48. The van der Waals surface area contributed by atoms with Crippen molar-refractivity contribution in [2.24, 2.45) is 0 Å². The lowest BCUT2D eigenvalue weighted by molar-refractivity contribution is 0.0730. The zero-order chi connectivity index (χ0) is 20.9. The van der Waals surface area contributed by atoms with Gasteiger partial charge in [0.25, 0.3) is 5.91 Å². The van der Waals surface area contributed by atoms with Gasteiger partial charge in [0.05, 0.1) is 18.1 Å². The van der Waals surface area contributed by atoms with Crippen LogP contribution in [-0.2, 0) is 14.8 Å². The first-order valence-electron chi connectivity index (χ1n) is 10.6. The standard InChI is InChI=1S/C21H33N3O4S/c1-17-7-8-19(16-20(17)29(26,27)24-12-14-28-15-13-24)21(25)22-9-5-11-23-10-4-3-6-18(23)2/h7-8,16,18H,3-6,9-15H2,1-2H3,(H,22,25)/t18-/m1/s1. The van der Waals surface area contributed by atoms with Gasteiger partial charge in [-0.2, -0.15) is 4.31 Å². The van der Waals surface area contributed by atoms with Crippen LogP contribution in [0, 0.1) is 6.92 Å². The number of hydrogen-bond donors (Lipinski definition) is 1. The summed E-state index contributed by atoms with van der Waals surface area (Å²) in [6, 6.07) is 5.51. The van der Waals surface area contributed by atoms with Crippen LogP contribution in [-0.4, -0.2) is 75.5 Å². The first-order chi connectivity index (χ1) is 13.9. The van der Waals surface area contributed by atoms with E-state index >= 15 is 0 Å². The summed E-state index contributed by atoms with van der Waals surface area (Å²) in [6.45, 7) is 8.20. The number of morpholine rings is 1. The van der Waals surface area contributed by atoms with E-state index in [4.69, 9.17) is 4.74 Å². The van der Waals surface area contributed by atoms with Gasteiger partial charge in [-0.25, -0.2) is 8.42 Å². The summed E-state index contributed by atoms with van der Waals surface area (Å²) in [4.78, 5) is 15.3. The minimum absolute atomic E-state index is 0.203. The molecule has 0 bridgehead atoms. The summed E-state index contributed by atoms with van der Waals surface area (Å²) in [6.07, 6.45) is 4.69. The Morgan fingerprint density at radius 2 is 1.97 bits per heavy atom. The van der Waals surface area contributed by atoms with Gasteiger partial charge in [-0.1, -0.05) is 12.5 Å². The number of aryl methyl sites for hydroxylation is 1. The van der Waals surface area contributed by atoms with E-state index in [2.05, 4.69) is 17.1 Å². The van der Waals surface area contributed by atoms with Crippen molar-refractivity contribution in [1.82, 2.24) is 14.5 Å². The van der Waals surface area contributed by atoms with Crippen molar-refractivity contribution in [1.29, 1.82) is 0 Å². The predicted molar refractivity (Wildman–Crippen MR) is 113 cm³/mol. The maximum Gasteiger partial charge on any atom is 0.251 e. The van der Waals surface area contributed by atoms with Gasteiger partial charge in [-0.05, 0) is 57.4 Å². The predicted octanol–water partition coefficient (Wildman–Crippen LogP) is 2.01. The Balaban J connectivity index is 1.59. The summed E-state index contributed by atoms with van der Waals surface area (Å²) in [5, 5.41) is 2.94. The zero-order valence-electron chi connectivity index (χ0n) is 17.5. The molecule has 8 heteroatoms. The molecule has 0 spiro atoms. The highest BCUT2D eigenvalue weighted by molar-refractivity contribution is 7.89. The highest BCUT2D eigenvalue weighted by Gasteiger charge is 2.28. The van der Waals surface area contributed by atoms with Crippen LogP contribution in [0.1, 0.15) is 48.5 Å². The smallest absolute Gasteiger partial charge is 0.251 e. The lowest BCUT2D eigenvalue weighted by Crippen LogP contribution is -2.41. The fourth-order valence-corrected chi connectivity index (χ4v) is 5.68. The number of piperidine rings is 1. The number of nitrogens with one attached hydrogen (secondary N) is 1. The Bertz CT molecular complexity index is 806. The fraction of sp³-hybridized carbons (Fsp3) is 0.667. The normalized spacial score (nSPS) is 21.8. The molecular weight excluding hydrogens is 390 g/mol. The molecule has 0 saturated carbocycles. The Labute approximate surface area is 174 Å². The second-order valence-electron chi connectivity index (χ2n) is 7.99. The maximum atomic E-state index is 13.0. The quantitative estimate of drug-likeness (QED) is 0.679. The van der Waals surface area contributed by atoms with Gasteiger partial charge >= 0.3 is 0 Å². The number of nitrogens with zero attached hydrogens (tertiary/aromatic N) is 2. The Kier molecular flexibility index (Phi) is 7.67. The number of hydrogen-bond acceptors (Lipinski definition) is 5. The first kappa shape index (κ1) is 22.2. The summed E-state index contributed by atoms with van der Waals surface area (Å²) in [7, 11) is -3.63. The van der Waals surface area contributed by atoms with Crippen LogP contribution in [0.4, 0.5) is 0 Å². The third-order valence-corrected chi connectivity index (χ3v) is 7.93. The van der Waals surface area contributed by atoms with E-state index in [9.17, 15) is 13.2 Å². The van der Waals surface area contributed by atoms with Crippen molar-refractivity contribution >= 4 is 15.9 Å². The number of amides is 1. The molecule has 1 N–H and O–H groups in total. The van der Waals surface area contributed by atoms with Crippen LogP contribution < -0.4 is 5.32 Å². The van der Waals surface area contributed by atoms with Gasteiger partial charge < -0.3 is 15.0 Å². The second kappa shape index (κ2) is 10.0. The zero-order valence-corrected chi connectivity index (χ0v) is 18.3. The molecule has 1 amide bonds. The number of rotatable bonds is 7. The second-order valence-corrected chi connectivity index (χ2v) is 9.89. The maximum absolute atomic E-state index is 13.0. The molecule has 7 nitrogen and oxygen atoms in total. The monoisotopic (exact) mass is 423 g/mol. The van der Waals surface area contributed by atoms with Gasteiger partial charge in [0.1, 0.15) is 0 Å². The number of benzene rings is 1. The highest BCUT2D eigenvalue weighted by Crippen LogP contribution is 2.22. The molecule has 2 fully saturated rings. The Morgan fingerprint density at radius 1 is 1.21 bits per heavy atom. The molecule has 2 saturated heterocycles. The van der Waals surface area contributed by atoms with Gasteiger partial charge in [-0.3, -0.25) is 4.79 Å². The van der Waals surface area contributed by atoms with Crippen LogP contribution in [0.3, 0.4) is 0 Å². The SMILES string of the molecule is Cc1ccc(C(=O)NCCCN2CCCC[C@H]2C)cc1S(=O)(=O)N1CCOCC1. The average molecular weight is 424 g/mol. The summed E-state index contributed by atoms with van der Waals surface area (Å²) in [5.41, 5.74) is 1.03. The summed E-state index contributed by atoms with van der Waals surface area (Å²) >= 11 is 0.